The molecule has 0 spiro atoms. The van der Waals surface area contributed by atoms with Crippen LogP contribution in [-0.4, -0.2) is 66.2 Å². The van der Waals surface area contributed by atoms with E-state index in [0.717, 1.165) is 0 Å². The van der Waals surface area contributed by atoms with Crippen LogP contribution < -0.4 is 10.6 Å². The molecule has 0 aromatic carbocycles. The van der Waals surface area contributed by atoms with Gasteiger partial charge in [0.2, 0.25) is 11.8 Å². The highest BCUT2D eigenvalue weighted by atomic mass is 19.4. The molecule has 0 aliphatic carbocycles. The minimum atomic E-state index is -4.69. The van der Waals surface area contributed by atoms with E-state index in [2.05, 4.69) is 10.6 Å². The van der Waals surface area contributed by atoms with Crippen LogP contribution >= 0.6 is 0 Å². The van der Waals surface area contributed by atoms with Crippen LogP contribution in [0.5, 0.6) is 0 Å². The maximum Gasteiger partial charge on any atom is 0.406 e. The van der Waals surface area contributed by atoms with Crippen molar-refractivity contribution >= 4 is 17.8 Å². The van der Waals surface area contributed by atoms with Crippen molar-refractivity contribution in [3.05, 3.63) is 0 Å². The van der Waals surface area contributed by atoms with E-state index in [0.29, 0.717) is 0 Å². The second kappa shape index (κ2) is 5.87. The van der Waals surface area contributed by atoms with Crippen molar-refractivity contribution in [2.75, 3.05) is 26.2 Å². The summed E-state index contributed by atoms with van der Waals surface area (Å²) in [6, 6.07) is -1.06. The zero-order valence-corrected chi connectivity index (χ0v) is 9.66. The molecule has 0 aromatic heterocycles. The Morgan fingerprint density at radius 1 is 1.42 bits per heavy atom. The smallest absolute Gasteiger partial charge is 0.406 e. The summed E-state index contributed by atoms with van der Waals surface area (Å²) >= 11 is 0. The van der Waals surface area contributed by atoms with Crippen molar-refractivity contribution in [1.29, 1.82) is 0 Å². The molecule has 10 heteroatoms. The summed E-state index contributed by atoms with van der Waals surface area (Å²) in [6.45, 7) is -3.08. The number of rotatable bonds is 4. The summed E-state index contributed by atoms with van der Waals surface area (Å²) < 4.78 is 36.8. The van der Waals surface area contributed by atoms with Gasteiger partial charge in [-0.05, 0) is 0 Å². The number of carboxylic acid groups (broad SMARTS) is 1. The number of aliphatic carboxylic acids is 1. The quantitative estimate of drug-likeness (QED) is 0.586. The van der Waals surface area contributed by atoms with Crippen LogP contribution in [0.15, 0.2) is 0 Å². The Morgan fingerprint density at radius 3 is 2.47 bits per heavy atom. The van der Waals surface area contributed by atoms with Crippen molar-refractivity contribution in [1.82, 2.24) is 15.5 Å². The second-order valence-corrected chi connectivity index (χ2v) is 3.94. The van der Waals surface area contributed by atoms with E-state index in [1.165, 1.54) is 0 Å². The molecule has 3 N–H and O–H groups in total. The number of nitrogens with one attached hydrogen (secondary N) is 2. The molecular formula is C9H12F3N3O4. The summed E-state index contributed by atoms with van der Waals surface area (Å²) in [4.78, 5) is 33.3. The molecule has 1 aliphatic rings. The van der Waals surface area contributed by atoms with Crippen LogP contribution in [0.25, 0.3) is 0 Å². The molecular weight excluding hydrogens is 271 g/mol. The second-order valence-electron chi connectivity index (χ2n) is 3.94. The highest BCUT2D eigenvalue weighted by Crippen LogP contribution is 2.17. The van der Waals surface area contributed by atoms with E-state index in [1.54, 1.807) is 0 Å². The molecule has 108 valence electrons. The Balaban J connectivity index is 2.70. The zero-order valence-electron chi connectivity index (χ0n) is 9.66. The molecule has 1 unspecified atom stereocenters. The van der Waals surface area contributed by atoms with Crippen LogP contribution in [0.2, 0.25) is 0 Å². The molecule has 0 saturated carbocycles. The van der Waals surface area contributed by atoms with Gasteiger partial charge >= 0.3 is 12.1 Å². The zero-order chi connectivity index (χ0) is 14.6. The van der Waals surface area contributed by atoms with Gasteiger partial charge in [-0.1, -0.05) is 0 Å². The third kappa shape index (κ3) is 5.12. The largest absolute Gasteiger partial charge is 0.480 e. The van der Waals surface area contributed by atoms with Gasteiger partial charge in [-0.15, -0.1) is 0 Å². The lowest BCUT2D eigenvalue weighted by atomic mass is 10.2. The van der Waals surface area contributed by atoms with Gasteiger partial charge in [0.25, 0.3) is 0 Å². The van der Waals surface area contributed by atoms with Crippen LogP contribution in [0.3, 0.4) is 0 Å². The summed E-state index contributed by atoms with van der Waals surface area (Å²) in [6.07, 6.45) is -4.69. The SMILES string of the molecule is O=C(O)CN(CC(F)(F)F)C(=O)C1CNC(=O)CN1. The number of halogens is 3. The number of nitrogens with zero attached hydrogens (tertiary/aromatic N) is 1. The van der Waals surface area contributed by atoms with Gasteiger partial charge in [0.05, 0.1) is 6.54 Å². The lowest BCUT2D eigenvalue weighted by Crippen LogP contribution is -2.60. The van der Waals surface area contributed by atoms with E-state index in [9.17, 15) is 27.6 Å². The number of carboxylic acids is 1. The molecule has 2 amide bonds. The van der Waals surface area contributed by atoms with Gasteiger partial charge in [-0.2, -0.15) is 13.2 Å². The maximum absolute atomic E-state index is 12.3. The van der Waals surface area contributed by atoms with Gasteiger partial charge in [0.15, 0.2) is 0 Å². The van der Waals surface area contributed by atoms with Crippen molar-refractivity contribution < 1.29 is 32.7 Å². The molecule has 1 rings (SSSR count). The van der Waals surface area contributed by atoms with Crippen LogP contribution in [-0.2, 0) is 14.4 Å². The minimum absolute atomic E-state index is 0.175. The number of amides is 2. The first kappa shape index (κ1) is 15.2. The summed E-state index contributed by atoms with van der Waals surface area (Å²) in [5.41, 5.74) is 0. The van der Waals surface area contributed by atoms with Gasteiger partial charge in [-0.25, -0.2) is 0 Å². The predicted molar refractivity (Wildman–Crippen MR) is 55.1 cm³/mol. The van der Waals surface area contributed by atoms with Crippen LogP contribution in [0, 0.1) is 0 Å². The van der Waals surface area contributed by atoms with Crippen LogP contribution in [0.4, 0.5) is 13.2 Å². The fourth-order valence-corrected chi connectivity index (χ4v) is 1.55. The summed E-state index contributed by atoms with van der Waals surface area (Å²) in [5.74, 6) is -2.94. The Labute approximate surface area is 105 Å². The third-order valence-electron chi connectivity index (χ3n) is 2.32. The summed E-state index contributed by atoms with van der Waals surface area (Å²) in [5, 5.41) is 13.3. The molecule has 1 heterocycles. The maximum atomic E-state index is 12.3. The Bertz CT molecular complexity index is 375. The Hall–Kier alpha value is -1.84. The molecule has 7 nitrogen and oxygen atoms in total. The molecule has 1 fully saturated rings. The minimum Gasteiger partial charge on any atom is -0.480 e. The van der Waals surface area contributed by atoms with Crippen molar-refractivity contribution in [2.45, 2.75) is 12.2 Å². The van der Waals surface area contributed by atoms with Crippen LogP contribution in [0.1, 0.15) is 0 Å². The number of hydrogen-bond acceptors (Lipinski definition) is 4. The first-order valence-corrected chi connectivity index (χ1v) is 5.26. The number of carbonyl (C=O) groups excluding carboxylic acids is 2. The van der Waals surface area contributed by atoms with E-state index >= 15 is 0 Å². The van der Waals surface area contributed by atoms with E-state index in [1.807, 2.05) is 0 Å². The average Bonchev–Trinajstić information content (AvgIpc) is 2.25. The number of piperazine rings is 1. The number of carbonyl (C=O) groups is 3. The first-order chi connectivity index (χ1) is 8.69. The lowest BCUT2D eigenvalue weighted by Gasteiger charge is -2.29. The average molecular weight is 283 g/mol. The fraction of sp³-hybridized carbons (Fsp3) is 0.667. The predicted octanol–water partition coefficient (Wildman–Crippen LogP) is -1.45. The molecule has 0 bridgehead atoms. The highest BCUT2D eigenvalue weighted by molar-refractivity contribution is 5.88. The number of hydrogen-bond donors (Lipinski definition) is 3. The Kier molecular flexibility index (Phi) is 4.70. The van der Waals surface area contributed by atoms with Crippen molar-refractivity contribution in [2.24, 2.45) is 0 Å². The monoisotopic (exact) mass is 283 g/mol. The van der Waals surface area contributed by atoms with Crippen molar-refractivity contribution in [3.8, 4) is 0 Å². The normalized spacial score (nSPS) is 19.7. The van der Waals surface area contributed by atoms with Gasteiger partial charge < -0.3 is 15.3 Å². The van der Waals surface area contributed by atoms with E-state index < -0.39 is 37.2 Å². The molecule has 1 saturated heterocycles. The lowest BCUT2D eigenvalue weighted by molar-refractivity contribution is -0.167. The van der Waals surface area contributed by atoms with Gasteiger partial charge in [0, 0.05) is 6.54 Å². The first-order valence-electron chi connectivity index (χ1n) is 5.26. The van der Waals surface area contributed by atoms with Gasteiger partial charge in [0.1, 0.15) is 19.1 Å². The standard InChI is InChI=1S/C9H12F3N3O4/c10-9(11,12)4-15(3-7(17)18)8(19)5-1-14-6(16)2-13-5/h5,13H,1-4H2,(H,14,16)(H,17,18). The van der Waals surface area contributed by atoms with E-state index in [4.69, 9.17) is 5.11 Å². The van der Waals surface area contributed by atoms with E-state index in [-0.39, 0.29) is 23.9 Å². The highest BCUT2D eigenvalue weighted by Gasteiger charge is 2.37. The topological polar surface area (TPSA) is 98.7 Å². The molecule has 0 radical (unpaired) electrons. The summed E-state index contributed by atoms with van der Waals surface area (Å²) in [7, 11) is 0. The van der Waals surface area contributed by atoms with Gasteiger partial charge in [-0.3, -0.25) is 19.7 Å². The molecule has 19 heavy (non-hydrogen) atoms. The van der Waals surface area contributed by atoms with Crippen molar-refractivity contribution in [3.63, 3.8) is 0 Å². The number of alkyl halides is 3. The molecule has 1 atom stereocenters. The Morgan fingerprint density at radius 2 is 2.05 bits per heavy atom. The fourth-order valence-electron chi connectivity index (χ4n) is 1.55. The third-order valence-corrected chi connectivity index (χ3v) is 2.32. The molecule has 0 aromatic rings. The molecule has 1 aliphatic heterocycles.